The smallest absolute Gasteiger partial charge is 0.308 e. The van der Waals surface area contributed by atoms with E-state index in [1.165, 1.54) is 0 Å². The molecule has 5 nitrogen and oxygen atoms in total. The second-order valence-corrected chi connectivity index (χ2v) is 6.17. The van der Waals surface area contributed by atoms with E-state index in [-0.39, 0.29) is 23.9 Å². The summed E-state index contributed by atoms with van der Waals surface area (Å²) in [5.41, 5.74) is 5.58. The Morgan fingerprint density at radius 2 is 2.10 bits per heavy atom. The second-order valence-electron chi connectivity index (χ2n) is 6.17. The maximum Gasteiger partial charge on any atom is 0.308 e. The van der Waals surface area contributed by atoms with E-state index in [2.05, 4.69) is 6.92 Å². The molecule has 2 rings (SSSR count). The van der Waals surface area contributed by atoms with Crippen molar-refractivity contribution >= 4 is 11.9 Å². The van der Waals surface area contributed by atoms with E-state index in [1.807, 2.05) is 4.90 Å². The Kier molecular flexibility index (Phi) is 5.02. The Hall–Kier alpha value is -1.10. The van der Waals surface area contributed by atoms with Crippen molar-refractivity contribution in [3.63, 3.8) is 0 Å². The van der Waals surface area contributed by atoms with Crippen LogP contribution in [0.25, 0.3) is 0 Å². The molecule has 3 N–H and O–H groups in total. The molecule has 2 bridgehead atoms. The third-order valence-electron chi connectivity index (χ3n) is 5.06. The summed E-state index contributed by atoms with van der Waals surface area (Å²) in [7, 11) is 0. The number of carbonyl (C=O) groups is 2. The van der Waals surface area contributed by atoms with Gasteiger partial charge in [0.25, 0.3) is 0 Å². The second kappa shape index (κ2) is 6.57. The highest BCUT2D eigenvalue weighted by molar-refractivity contribution is 5.80. The molecule has 4 atom stereocenters. The molecule has 2 fully saturated rings. The minimum atomic E-state index is -0.746. The highest BCUT2D eigenvalue weighted by Crippen LogP contribution is 2.42. The van der Waals surface area contributed by atoms with Gasteiger partial charge in [-0.15, -0.1) is 0 Å². The largest absolute Gasteiger partial charge is 0.481 e. The van der Waals surface area contributed by atoms with Crippen molar-refractivity contribution in [3.8, 4) is 0 Å². The Labute approximate surface area is 120 Å². The number of rotatable bonds is 7. The van der Waals surface area contributed by atoms with Crippen LogP contribution in [0.2, 0.25) is 0 Å². The monoisotopic (exact) mass is 282 g/mol. The number of nitrogens with two attached hydrogens (primary N) is 1. The lowest BCUT2D eigenvalue weighted by molar-refractivity contribution is -0.143. The normalized spacial score (nSPS) is 29.7. The van der Waals surface area contributed by atoms with Gasteiger partial charge in [0.2, 0.25) is 5.91 Å². The van der Waals surface area contributed by atoms with Crippen LogP contribution in [0.5, 0.6) is 0 Å². The predicted octanol–water partition coefficient (Wildman–Crippen LogP) is 1.61. The number of hydrogen-bond acceptors (Lipinski definition) is 3. The third-order valence-corrected chi connectivity index (χ3v) is 5.06. The fourth-order valence-corrected chi connectivity index (χ4v) is 3.89. The number of nitrogens with zero attached hydrogens (tertiary/aromatic N) is 1. The van der Waals surface area contributed by atoms with Crippen LogP contribution in [-0.2, 0) is 9.59 Å². The number of aliphatic carboxylic acids is 1. The summed E-state index contributed by atoms with van der Waals surface area (Å²) in [6.07, 6.45) is 5.90. The zero-order valence-corrected chi connectivity index (χ0v) is 12.3. The molecule has 114 valence electrons. The van der Waals surface area contributed by atoms with Gasteiger partial charge in [-0.05, 0) is 44.6 Å². The van der Waals surface area contributed by atoms with Gasteiger partial charge in [0.05, 0.1) is 5.92 Å². The van der Waals surface area contributed by atoms with E-state index in [0.717, 1.165) is 32.1 Å². The molecule has 20 heavy (non-hydrogen) atoms. The standard InChI is InChI=1S/C15H26N2O3/c1-2-10(7-8-16)3-6-14(18)17-11-4-5-13(17)12(9-11)15(19)20/h10-13H,2-9,16H2,1H3,(H,19,20). The molecule has 0 aromatic rings. The maximum absolute atomic E-state index is 12.4. The zero-order chi connectivity index (χ0) is 14.7. The molecule has 5 heteroatoms. The van der Waals surface area contributed by atoms with Crippen molar-refractivity contribution < 1.29 is 14.7 Å². The lowest BCUT2D eigenvalue weighted by Gasteiger charge is -2.24. The van der Waals surface area contributed by atoms with E-state index in [4.69, 9.17) is 5.73 Å². The van der Waals surface area contributed by atoms with Crippen LogP contribution in [-0.4, -0.2) is 40.5 Å². The van der Waals surface area contributed by atoms with Gasteiger partial charge in [-0.2, -0.15) is 0 Å². The van der Waals surface area contributed by atoms with Crippen molar-refractivity contribution in [2.45, 2.75) is 64.0 Å². The molecule has 4 unspecified atom stereocenters. The SMILES string of the molecule is CCC(CCN)CCC(=O)N1C2CCC1C(C(=O)O)C2. The van der Waals surface area contributed by atoms with Gasteiger partial charge in [-0.1, -0.05) is 13.3 Å². The quantitative estimate of drug-likeness (QED) is 0.743. The molecule has 2 aliphatic heterocycles. The number of carbonyl (C=O) groups excluding carboxylic acids is 1. The van der Waals surface area contributed by atoms with Crippen LogP contribution < -0.4 is 5.73 Å². The molecule has 0 spiro atoms. The maximum atomic E-state index is 12.4. The van der Waals surface area contributed by atoms with Crippen LogP contribution >= 0.6 is 0 Å². The average molecular weight is 282 g/mol. The van der Waals surface area contributed by atoms with Crippen molar-refractivity contribution in [3.05, 3.63) is 0 Å². The summed E-state index contributed by atoms with van der Waals surface area (Å²) in [6.45, 7) is 2.80. The van der Waals surface area contributed by atoms with Crippen LogP contribution in [0.1, 0.15) is 51.9 Å². The van der Waals surface area contributed by atoms with Gasteiger partial charge < -0.3 is 15.7 Å². The average Bonchev–Trinajstić information content (AvgIpc) is 3.00. The van der Waals surface area contributed by atoms with E-state index < -0.39 is 5.97 Å². The van der Waals surface area contributed by atoms with Gasteiger partial charge in [0.15, 0.2) is 0 Å². The van der Waals surface area contributed by atoms with Crippen molar-refractivity contribution in [2.24, 2.45) is 17.6 Å². The Morgan fingerprint density at radius 3 is 2.65 bits per heavy atom. The Bertz CT molecular complexity index is 372. The first-order valence-corrected chi connectivity index (χ1v) is 7.82. The molecule has 0 aromatic heterocycles. The summed E-state index contributed by atoms with van der Waals surface area (Å²) in [5.74, 6) is -0.426. The Morgan fingerprint density at radius 1 is 1.35 bits per heavy atom. The summed E-state index contributed by atoms with van der Waals surface area (Å²) < 4.78 is 0. The number of fused-ring (bicyclic) bond motifs is 2. The lowest BCUT2D eigenvalue weighted by Crippen LogP contribution is -2.38. The number of carboxylic acid groups (broad SMARTS) is 1. The van der Waals surface area contributed by atoms with Crippen molar-refractivity contribution in [2.75, 3.05) is 6.54 Å². The van der Waals surface area contributed by atoms with Crippen LogP contribution in [0.3, 0.4) is 0 Å². The van der Waals surface area contributed by atoms with Gasteiger partial charge in [-0.25, -0.2) is 0 Å². The number of amides is 1. The summed E-state index contributed by atoms with van der Waals surface area (Å²) in [4.78, 5) is 25.5. The first-order valence-electron chi connectivity index (χ1n) is 7.82. The van der Waals surface area contributed by atoms with Crippen LogP contribution in [0, 0.1) is 11.8 Å². The van der Waals surface area contributed by atoms with Crippen LogP contribution in [0.15, 0.2) is 0 Å². The molecule has 2 aliphatic rings. The summed E-state index contributed by atoms with van der Waals surface area (Å²) in [6, 6.07) is 0.114. The topological polar surface area (TPSA) is 83.6 Å². The molecule has 2 heterocycles. The fraction of sp³-hybridized carbons (Fsp3) is 0.867. The highest BCUT2D eigenvalue weighted by atomic mass is 16.4. The number of hydrogen-bond donors (Lipinski definition) is 2. The molecule has 0 aliphatic carbocycles. The predicted molar refractivity (Wildman–Crippen MR) is 76.1 cm³/mol. The third kappa shape index (κ3) is 2.97. The molecule has 0 saturated carbocycles. The zero-order valence-electron chi connectivity index (χ0n) is 12.3. The van der Waals surface area contributed by atoms with Gasteiger partial charge in [0, 0.05) is 18.5 Å². The van der Waals surface area contributed by atoms with Gasteiger partial charge in [0.1, 0.15) is 0 Å². The van der Waals surface area contributed by atoms with E-state index >= 15 is 0 Å². The molecule has 0 radical (unpaired) electrons. The van der Waals surface area contributed by atoms with Crippen LogP contribution in [0.4, 0.5) is 0 Å². The molecule has 1 amide bonds. The molecular weight excluding hydrogens is 256 g/mol. The lowest BCUT2D eigenvalue weighted by atomic mass is 9.89. The molecular formula is C15H26N2O3. The Balaban J connectivity index is 1.89. The number of carboxylic acids is 1. The van der Waals surface area contributed by atoms with E-state index in [9.17, 15) is 14.7 Å². The van der Waals surface area contributed by atoms with Gasteiger partial charge >= 0.3 is 5.97 Å². The molecule has 2 saturated heterocycles. The minimum Gasteiger partial charge on any atom is -0.481 e. The van der Waals surface area contributed by atoms with E-state index in [1.54, 1.807) is 0 Å². The first kappa shape index (κ1) is 15.3. The van der Waals surface area contributed by atoms with Gasteiger partial charge in [-0.3, -0.25) is 9.59 Å². The summed E-state index contributed by atoms with van der Waals surface area (Å²) >= 11 is 0. The summed E-state index contributed by atoms with van der Waals surface area (Å²) in [5, 5.41) is 9.21. The minimum absolute atomic E-state index is 0.0559. The molecule has 0 aromatic carbocycles. The van der Waals surface area contributed by atoms with Crippen molar-refractivity contribution in [1.82, 2.24) is 4.90 Å². The fourth-order valence-electron chi connectivity index (χ4n) is 3.89. The first-order chi connectivity index (χ1) is 9.58. The van der Waals surface area contributed by atoms with Crippen molar-refractivity contribution in [1.29, 1.82) is 0 Å². The van der Waals surface area contributed by atoms with E-state index in [0.29, 0.717) is 25.3 Å². The highest BCUT2D eigenvalue weighted by Gasteiger charge is 2.50.